The molecule has 1 unspecified atom stereocenters. The van der Waals surface area contributed by atoms with Crippen LogP contribution < -0.4 is 10.6 Å². The molecule has 2 aliphatic rings. The molecule has 0 saturated carbocycles. The summed E-state index contributed by atoms with van der Waals surface area (Å²) in [6.07, 6.45) is -0.350. The van der Waals surface area contributed by atoms with Crippen molar-refractivity contribution in [2.45, 2.75) is 58.2 Å². The van der Waals surface area contributed by atoms with Crippen LogP contribution in [0.15, 0.2) is 36.4 Å². The number of nitrogens with zero attached hydrogens (tertiary/aromatic N) is 1. The largest absolute Gasteiger partial charge is 0.444 e. The molecule has 2 aromatic rings. The fourth-order valence-electron chi connectivity index (χ4n) is 4.07. The third-order valence-electron chi connectivity index (χ3n) is 6.03. The van der Waals surface area contributed by atoms with Crippen molar-refractivity contribution in [3.05, 3.63) is 64.5 Å². The molecule has 34 heavy (non-hydrogen) atoms. The summed E-state index contributed by atoms with van der Waals surface area (Å²) in [5.74, 6) is -1.67. The van der Waals surface area contributed by atoms with E-state index in [0.717, 1.165) is 11.1 Å². The minimum absolute atomic E-state index is 0.0158. The van der Waals surface area contributed by atoms with Crippen LogP contribution >= 0.6 is 0 Å². The molecule has 0 radical (unpaired) electrons. The molecule has 0 aromatic heterocycles. The third-order valence-corrected chi connectivity index (χ3v) is 6.03. The van der Waals surface area contributed by atoms with E-state index in [1.54, 1.807) is 24.3 Å². The lowest BCUT2D eigenvalue weighted by Gasteiger charge is -2.29. The molecule has 1 saturated heterocycles. The van der Waals surface area contributed by atoms with Gasteiger partial charge in [-0.15, -0.1) is 0 Å². The van der Waals surface area contributed by atoms with Crippen LogP contribution in [0.3, 0.4) is 0 Å². The fraction of sp³-hybridized carbons (Fsp3) is 0.360. The van der Waals surface area contributed by atoms with Gasteiger partial charge in [-0.25, -0.2) is 9.18 Å². The number of fused-ring (bicyclic) bond motifs is 1. The predicted molar refractivity (Wildman–Crippen MR) is 121 cm³/mol. The molecule has 2 heterocycles. The van der Waals surface area contributed by atoms with Crippen LogP contribution in [0.4, 0.5) is 14.9 Å². The summed E-state index contributed by atoms with van der Waals surface area (Å²) in [5, 5.41) is 4.66. The number of benzene rings is 2. The van der Waals surface area contributed by atoms with E-state index >= 15 is 0 Å². The van der Waals surface area contributed by atoms with Gasteiger partial charge in [0.1, 0.15) is 18.5 Å². The van der Waals surface area contributed by atoms with Gasteiger partial charge in [-0.3, -0.25) is 25.0 Å². The highest BCUT2D eigenvalue weighted by Crippen LogP contribution is 2.29. The standard InChI is InChI=1S/C25H26FN3O5/c1-25(2,3)16-6-7-19(18(26)11-16)27-24(33)34-13-14-4-5-15-12-29(23(32)17(15)10-14)20-8-9-21(30)28-22(20)31/h4-7,10-11,20H,8-9,12-13H2,1-3H3,(H,27,33)(H,28,30,31). The lowest BCUT2D eigenvalue weighted by molar-refractivity contribution is -0.136. The van der Waals surface area contributed by atoms with E-state index in [0.29, 0.717) is 11.1 Å². The minimum atomic E-state index is -0.820. The minimum Gasteiger partial charge on any atom is -0.444 e. The molecule has 0 aliphatic carbocycles. The third kappa shape index (κ3) is 4.78. The molecule has 1 atom stereocenters. The number of hydrogen-bond acceptors (Lipinski definition) is 5. The molecule has 4 amide bonds. The number of nitrogens with one attached hydrogen (secondary N) is 2. The predicted octanol–water partition coefficient (Wildman–Crippen LogP) is 3.63. The molecular weight excluding hydrogens is 441 g/mol. The summed E-state index contributed by atoms with van der Waals surface area (Å²) >= 11 is 0. The van der Waals surface area contributed by atoms with E-state index in [1.165, 1.54) is 17.0 Å². The normalized spacial score (nSPS) is 17.9. The Hall–Kier alpha value is -3.75. The number of rotatable bonds is 4. The smallest absolute Gasteiger partial charge is 0.412 e. The van der Waals surface area contributed by atoms with Gasteiger partial charge in [0.25, 0.3) is 5.91 Å². The Bertz CT molecular complexity index is 1190. The van der Waals surface area contributed by atoms with E-state index in [1.807, 2.05) is 20.8 Å². The summed E-state index contributed by atoms with van der Waals surface area (Å²) in [6.45, 7) is 6.05. The van der Waals surface area contributed by atoms with E-state index in [4.69, 9.17) is 4.74 Å². The first-order chi connectivity index (χ1) is 16.0. The molecule has 178 valence electrons. The highest BCUT2D eigenvalue weighted by molar-refractivity contribution is 6.05. The van der Waals surface area contributed by atoms with Crippen LogP contribution in [0.25, 0.3) is 0 Å². The summed E-state index contributed by atoms with van der Waals surface area (Å²) in [4.78, 5) is 50.1. The second-order valence-corrected chi connectivity index (χ2v) is 9.54. The van der Waals surface area contributed by atoms with Gasteiger partial charge in [-0.1, -0.05) is 39.0 Å². The summed E-state index contributed by atoms with van der Waals surface area (Å²) in [5.41, 5.74) is 2.36. The van der Waals surface area contributed by atoms with Crippen molar-refractivity contribution >= 4 is 29.5 Å². The first-order valence-electron chi connectivity index (χ1n) is 11.0. The molecule has 9 heteroatoms. The van der Waals surface area contributed by atoms with Gasteiger partial charge < -0.3 is 9.64 Å². The quantitative estimate of drug-likeness (QED) is 0.668. The number of hydrogen-bond donors (Lipinski definition) is 2. The lowest BCUT2D eigenvalue weighted by Crippen LogP contribution is -2.52. The van der Waals surface area contributed by atoms with Crippen LogP contribution in [-0.2, 0) is 32.9 Å². The highest BCUT2D eigenvalue weighted by Gasteiger charge is 2.39. The number of anilines is 1. The van der Waals surface area contributed by atoms with E-state index in [9.17, 15) is 23.6 Å². The Morgan fingerprint density at radius 1 is 1.18 bits per heavy atom. The first-order valence-corrected chi connectivity index (χ1v) is 11.0. The Morgan fingerprint density at radius 2 is 1.94 bits per heavy atom. The van der Waals surface area contributed by atoms with Gasteiger partial charge in [0.15, 0.2) is 0 Å². The number of carbonyl (C=O) groups is 4. The zero-order valence-corrected chi connectivity index (χ0v) is 19.2. The van der Waals surface area contributed by atoms with Gasteiger partial charge >= 0.3 is 6.09 Å². The van der Waals surface area contributed by atoms with Crippen LogP contribution in [0.2, 0.25) is 0 Å². The summed E-state index contributed by atoms with van der Waals surface area (Å²) in [6, 6.07) is 9.04. The molecular formula is C25H26FN3O5. The fourth-order valence-corrected chi connectivity index (χ4v) is 4.07. The summed E-state index contributed by atoms with van der Waals surface area (Å²) in [7, 11) is 0. The number of amides is 4. The second-order valence-electron chi connectivity index (χ2n) is 9.54. The first kappa shape index (κ1) is 23.4. The Balaban J connectivity index is 1.37. The van der Waals surface area contributed by atoms with Gasteiger partial charge in [0.05, 0.1) is 5.69 Å². The molecule has 0 spiro atoms. The highest BCUT2D eigenvalue weighted by atomic mass is 19.1. The molecule has 0 bridgehead atoms. The summed E-state index contributed by atoms with van der Waals surface area (Å²) < 4.78 is 19.6. The van der Waals surface area contributed by atoms with Crippen molar-refractivity contribution in [3.8, 4) is 0 Å². The van der Waals surface area contributed by atoms with E-state index < -0.39 is 23.9 Å². The SMILES string of the molecule is CC(C)(C)c1ccc(NC(=O)OCc2ccc3c(c2)C(=O)N(C2CCC(=O)NC2=O)C3)c(F)c1. The molecule has 2 N–H and O–H groups in total. The maximum atomic E-state index is 14.4. The average Bonchev–Trinajstić information content (AvgIpc) is 3.09. The van der Waals surface area contributed by atoms with Crippen LogP contribution in [0.5, 0.6) is 0 Å². The number of ether oxygens (including phenoxy) is 1. The molecule has 2 aliphatic heterocycles. The Labute approximate surface area is 196 Å². The Morgan fingerprint density at radius 3 is 2.62 bits per heavy atom. The van der Waals surface area contributed by atoms with Crippen molar-refractivity contribution in [1.82, 2.24) is 10.2 Å². The maximum absolute atomic E-state index is 14.4. The zero-order valence-electron chi connectivity index (χ0n) is 19.2. The number of carbonyl (C=O) groups excluding carboxylic acids is 4. The molecule has 1 fully saturated rings. The molecule has 8 nitrogen and oxygen atoms in total. The Kier molecular flexibility index (Phi) is 6.12. The van der Waals surface area contributed by atoms with Gasteiger partial charge in [-0.2, -0.15) is 0 Å². The maximum Gasteiger partial charge on any atom is 0.412 e. The zero-order chi connectivity index (χ0) is 24.6. The van der Waals surface area contributed by atoms with Crippen molar-refractivity contribution < 1.29 is 28.3 Å². The topological polar surface area (TPSA) is 105 Å². The van der Waals surface area contributed by atoms with Crippen LogP contribution in [0, 0.1) is 5.82 Å². The number of piperidine rings is 1. The van der Waals surface area contributed by atoms with E-state index in [2.05, 4.69) is 10.6 Å². The number of halogens is 1. The van der Waals surface area contributed by atoms with Crippen molar-refractivity contribution in [2.75, 3.05) is 5.32 Å². The lowest BCUT2D eigenvalue weighted by atomic mass is 9.87. The van der Waals surface area contributed by atoms with Gasteiger partial charge in [0.2, 0.25) is 11.8 Å². The second kappa shape index (κ2) is 8.89. The van der Waals surface area contributed by atoms with Gasteiger partial charge in [-0.05, 0) is 46.7 Å². The van der Waals surface area contributed by atoms with Crippen molar-refractivity contribution in [1.29, 1.82) is 0 Å². The average molecular weight is 467 g/mol. The van der Waals surface area contributed by atoms with Crippen molar-refractivity contribution in [2.24, 2.45) is 0 Å². The number of imide groups is 1. The molecule has 4 rings (SSSR count). The van der Waals surface area contributed by atoms with Gasteiger partial charge in [0, 0.05) is 18.5 Å². The van der Waals surface area contributed by atoms with E-state index in [-0.39, 0.29) is 48.9 Å². The van der Waals surface area contributed by atoms with Crippen LogP contribution in [-0.4, -0.2) is 34.8 Å². The van der Waals surface area contributed by atoms with Crippen molar-refractivity contribution in [3.63, 3.8) is 0 Å². The van der Waals surface area contributed by atoms with Crippen LogP contribution in [0.1, 0.15) is 60.7 Å². The molecule has 2 aromatic carbocycles. The monoisotopic (exact) mass is 467 g/mol.